The highest BCUT2D eigenvalue weighted by molar-refractivity contribution is 5.89. The lowest BCUT2D eigenvalue weighted by atomic mass is 9.89. The molecule has 0 aromatic heterocycles. The van der Waals surface area contributed by atoms with Crippen molar-refractivity contribution >= 4 is 17.1 Å². The second-order valence-corrected chi connectivity index (χ2v) is 11.0. The molecule has 1 aliphatic rings. The SMILES string of the molecule is C1=CCC(c2ccc(N(c3ccc(-c4ccccc4)cc3)c3ccc(-c4ccccc4)cc3)c(-c3ccccc3)c2)C=C1. The van der Waals surface area contributed by atoms with Crippen molar-refractivity contribution in [2.24, 2.45) is 0 Å². The van der Waals surface area contributed by atoms with Gasteiger partial charge < -0.3 is 4.90 Å². The molecule has 6 aromatic rings. The van der Waals surface area contributed by atoms with Crippen LogP contribution in [-0.4, -0.2) is 0 Å². The minimum absolute atomic E-state index is 0.380. The Morgan fingerprint density at radius 1 is 0.442 bits per heavy atom. The Morgan fingerprint density at radius 3 is 1.42 bits per heavy atom. The van der Waals surface area contributed by atoms with Crippen LogP contribution < -0.4 is 4.90 Å². The molecule has 0 N–H and O–H groups in total. The van der Waals surface area contributed by atoms with Crippen molar-refractivity contribution in [3.8, 4) is 33.4 Å². The third-order valence-corrected chi connectivity index (χ3v) is 8.22. The average molecular weight is 552 g/mol. The molecule has 1 nitrogen and oxygen atoms in total. The van der Waals surface area contributed by atoms with Gasteiger partial charge in [-0.1, -0.05) is 146 Å². The van der Waals surface area contributed by atoms with Crippen LogP contribution in [0, 0.1) is 0 Å². The third-order valence-electron chi connectivity index (χ3n) is 8.22. The molecule has 1 unspecified atom stereocenters. The van der Waals surface area contributed by atoms with Crippen LogP contribution in [0.25, 0.3) is 33.4 Å². The summed E-state index contributed by atoms with van der Waals surface area (Å²) < 4.78 is 0. The van der Waals surface area contributed by atoms with E-state index in [-0.39, 0.29) is 0 Å². The smallest absolute Gasteiger partial charge is 0.0540 e. The Labute approximate surface area is 254 Å². The predicted molar refractivity (Wildman–Crippen MR) is 183 cm³/mol. The van der Waals surface area contributed by atoms with Gasteiger partial charge in [-0.15, -0.1) is 0 Å². The molecule has 0 saturated heterocycles. The fraction of sp³-hybridized carbons (Fsp3) is 0.0476. The van der Waals surface area contributed by atoms with Gasteiger partial charge in [-0.3, -0.25) is 0 Å². The fourth-order valence-corrected chi connectivity index (χ4v) is 5.95. The van der Waals surface area contributed by atoms with E-state index in [4.69, 9.17) is 0 Å². The summed E-state index contributed by atoms with van der Waals surface area (Å²) in [5.41, 5.74) is 12.0. The first-order chi connectivity index (χ1) is 21.3. The maximum absolute atomic E-state index is 2.40. The summed E-state index contributed by atoms with van der Waals surface area (Å²) in [6, 6.07) is 56.8. The van der Waals surface area contributed by atoms with Crippen molar-refractivity contribution in [1.82, 2.24) is 0 Å². The van der Waals surface area contributed by atoms with E-state index in [0.29, 0.717) is 5.92 Å². The minimum Gasteiger partial charge on any atom is -0.310 e. The van der Waals surface area contributed by atoms with Crippen molar-refractivity contribution in [2.45, 2.75) is 12.3 Å². The molecule has 0 saturated carbocycles. The maximum Gasteiger partial charge on any atom is 0.0540 e. The molecule has 0 aliphatic heterocycles. The van der Waals surface area contributed by atoms with Gasteiger partial charge in [-0.25, -0.2) is 0 Å². The van der Waals surface area contributed by atoms with Crippen molar-refractivity contribution in [3.05, 3.63) is 188 Å². The van der Waals surface area contributed by atoms with E-state index >= 15 is 0 Å². The van der Waals surface area contributed by atoms with Crippen LogP contribution in [0.1, 0.15) is 17.9 Å². The first-order valence-corrected chi connectivity index (χ1v) is 15.0. The molecule has 206 valence electrons. The molecule has 43 heavy (non-hydrogen) atoms. The summed E-state index contributed by atoms with van der Waals surface area (Å²) in [5, 5.41) is 0. The van der Waals surface area contributed by atoms with E-state index in [0.717, 1.165) is 23.5 Å². The first-order valence-electron chi connectivity index (χ1n) is 15.0. The highest BCUT2D eigenvalue weighted by Gasteiger charge is 2.20. The number of nitrogens with zero attached hydrogens (tertiary/aromatic N) is 1. The highest BCUT2D eigenvalue weighted by Crippen LogP contribution is 2.43. The van der Waals surface area contributed by atoms with Crippen molar-refractivity contribution < 1.29 is 0 Å². The predicted octanol–water partition coefficient (Wildman–Crippen LogP) is 11.8. The minimum atomic E-state index is 0.380. The van der Waals surface area contributed by atoms with Crippen LogP contribution in [0.3, 0.4) is 0 Å². The zero-order valence-corrected chi connectivity index (χ0v) is 24.1. The zero-order valence-electron chi connectivity index (χ0n) is 24.1. The van der Waals surface area contributed by atoms with Gasteiger partial charge in [-0.2, -0.15) is 0 Å². The van der Waals surface area contributed by atoms with E-state index in [1.165, 1.54) is 38.9 Å². The second-order valence-electron chi connectivity index (χ2n) is 11.0. The maximum atomic E-state index is 2.40. The number of rotatable bonds is 7. The monoisotopic (exact) mass is 551 g/mol. The third kappa shape index (κ3) is 5.71. The molecular formula is C42H33N. The van der Waals surface area contributed by atoms with Gasteiger partial charge in [-0.05, 0) is 76.2 Å². The Balaban J connectivity index is 1.37. The van der Waals surface area contributed by atoms with Gasteiger partial charge >= 0.3 is 0 Å². The number of benzene rings is 6. The quantitative estimate of drug-likeness (QED) is 0.191. The van der Waals surface area contributed by atoms with Gasteiger partial charge in [0, 0.05) is 22.9 Å². The highest BCUT2D eigenvalue weighted by atomic mass is 15.1. The normalized spacial score (nSPS) is 14.0. The van der Waals surface area contributed by atoms with Gasteiger partial charge in [0.15, 0.2) is 0 Å². The van der Waals surface area contributed by atoms with Crippen molar-refractivity contribution in [1.29, 1.82) is 0 Å². The molecule has 0 fully saturated rings. The summed E-state index contributed by atoms with van der Waals surface area (Å²) in [5.74, 6) is 0.380. The van der Waals surface area contributed by atoms with Crippen LogP contribution in [0.15, 0.2) is 182 Å². The molecule has 0 bridgehead atoms. The van der Waals surface area contributed by atoms with Crippen LogP contribution >= 0.6 is 0 Å². The molecule has 0 amide bonds. The fourth-order valence-electron chi connectivity index (χ4n) is 5.95. The average Bonchev–Trinajstić information content (AvgIpc) is 3.11. The van der Waals surface area contributed by atoms with Gasteiger partial charge in [0.25, 0.3) is 0 Å². The lowest BCUT2D eigenvalue weighted by Gasteiger charge is -2.29. The van der Waals surface area contributed by atoms with E-state index in [2.05, 4.69) is 187 Å². The van der Waals surface area contributed by atoms with E-state index in [1.54, 1.807) is 0 Å². The number of allylic oxidation sites excluding steroid dienone is 4. The molecule has 1 aliphatic carbocycles. The van der Waals surface area contributed by atoms with Crippen LogP contribution in [0.5, 0.6) is 0 Å². The van der Waals surface area contributed by atoms with Crippen LogP contribution in [0.4, 0.5) is 17.1 Å². The van der Waals surface area contributed by atoms with Crippen molar-refractivity contribution in [2.75, 3.05) is 4.90 Å². The molecule has 6 aromatic carbocycles. The summed E-state index contributed by atoms with van der Waals surface area (Å²) in [4.78, 5) is 2.40. The first kappa shape index (κ1) is 26.5. The molecule has 0 heterocycles. The lowest BCUT2D eigenvalue weighted by molar-refractivity contribution is 0.854. The summed E-state index contributed by atoms with van der Waals surface area (Å²) in [6.07, 6.45) is 9.90. The van der Waals surface area contributed by atoms with Gasteiger partial charge in [0.05, 0.1) is 5.69 Å². The Kier molecular flexibility index (Phi) is 7.53. The van der Waals surface area contributed by atoms with Gasteiger partial charge in [0.2, 0.25) is 0 Å². The van der Waals surface area contributed by atoms with Crippen LogP contribution in [0.2, 0.25) is 0 Å². The van der Waals surface area contributed by atoms with Crippen molar-refractivity contribution in [3.63, 3.8) is 0 Å². The number of hydrogen-bond acceptors (Lipinski definition) is 1. The Morgan fingerprint density at radius 2 is 0.930 bits per heavy atom. The largest absolute Gasteiger partial charge is 0.310 e. The second kappa shape index (κ2) is 12.2. The Hall–Kier alpha value is -5.40. The van der Waals surface area contributed by atoms with Gasteiger partial charge in [0.1, 0.15) is 0 Å². The molecule has 7 rings (SSSR count). The summed E-state index contributed by atoms with van der Waals surface area (Å²) in [6.45, 7) is 0. The number of hydrogen-bond donors (Lipinski definition) is 0. The van der Waals surface area contributed by atoms with E-state index in [9.17, 15) is 0 Å². The molecule has 1 heteroatoms. The number of anilines is 3. The standard InChI is InChI=1S/C42H33N/c1-5-13-32(14-6-1)35-21-26-39(27-22-35)43(40-28-23-36(24-29-40)33-15-7-2-8-16-33)42-30-25-38(34-17-9-3-10-18-34)31-41(42)37-19-11-4-12-20-37/h1-17,19-31,34H,18H2. The summed E-state index contributed by atoms with van der Waals surface area (Å²) in [7, 11) is 0. The van der Waals surface area contributed by atoms with E-state index in [1.807, 2.05) is 0 Å². The lowest BCUT2D eigenvalue weighted by Crippen LogP contribution is -2.12. The zero-order chi connectivity index (χ0) is 28.8. The van der Waals surface area contributed by atoms with Crippen LogP contribution in [-0.2, 0) is 0 Å². The van der Waals surface area contributed by atoms with E-state index < -0.39 is 0 Å². The topological polar surface area (TPSA) is 3.24 Å². The molecule has 0 spiro atoms. The molecule has 0 radical (unpaired) electrons. The summed E-state index contributed by atoms with van der Waals surface area (Å²) >= 11 is 0. The molecule has 1 atom stereocenters. The Bertz CT molecular complexity index is 1770. The molecular weight excluding hydrogens is 518 g/mol.